The minimum Gasteiger partial charge on any atom is -0.355 e. The molecule has 3 heterocycles. The molecule has 2 fully saturated rings. The first-order chi connectivity index (χ1) is 14.0. The summed E-state index contributed by atoms with van der Waals surface area (Å²) in [5, 5.41) is 11.5. The molecule has 1 saturated heterocycles. The molecule has 2 N–H and O–H groups in total. The van der Waals surface area contributed by atoms with Crippen molar-refractivity contribution in [3.63, 3.8) is 0 Å². The summed E-state index contributed by atoms with van der Waals surface area (Å²) in [5.74, 6) is 0.961. The number of aromatic amines is 1. The van der Waals surface area contributed by atoms with Gasteiger partial charge in [0.1, 0.15) is 0 Å². The van der Waals surface area contributed by atoms with E-state index in [2.05, 4.69) is 62.1 Å². The zero-order valence-corrected chi connectivity index (χ0v) is 17.1. The Labute approximate surface area is 170 Å². The molecule has 1 aromatic carbocycles. The van der Waals surface area contributed by atoms with Crippen molar-refractivity contribution in [2.24, 2.45) is 18.4 Å². The number of fused-ring (bicyclic) bond motifs is 1. The van der Waals surface area contributed by atoms with E-state index in [1.807, 2.05) is 18.7 Å². The maximum atomic E-state index is 12.5. The molecule has 7 nitrogen and oxygen atoms in total. The molecule has 0 radical (unpaired) electrons. The van der Waals surface area contributed by atoms with Gasteiger partial charge in [-0.15, -0.1) is 0 Å². The molecule has 0 bridgehead atoms. The van der Waals surface area contributed by atoms with Crippen LogP contribution < -0.4 is 5.32 Å². The number of hydrogen-bond acceptors (Lipinski definition) is 4. The fraction of sp³-hybridized carbons (Fsp3) is 0.500. The summed E-state index contributed by atoms with van der Waals surface area (Å²) in [4.78, 5) is 19.3. The van der Waals surface area contributed by atoms with E-state index in [0.717, 1.165) is 49.9 Å². The van der Waals surface area contributed by atoms with Crippen LogP contribution in [0.15, 0.2) is 36.9 Å². The van der Waals surface area contributed by atoms with Crippen LogP contribution in [0, 0.1) is 11.3 Å². The Hall–Kier alpha value is -2.67. The first-order valence-corrected chi connectivity index (χ1v) is 10.4. The number of aromatic nitrogens is 4. The number of carbonyl (C=O) groups is 1. The van der Waals surface area contributed by atoms with Gasteiger partial charge < -0.3 is 9.88 Å². The molecule has 1 amide bonds. The zero-order valence-electron chi connectivity index (χ0n) is 17.1. The number of benzene rings is 1. The molecule has 152 valence electrons. The van der Waals surface area contributed by atoms with Crippen molar-refractivity contribution in [2.75, 3.05) is 19.6 Å². The molecule has 2 atom stereocenters. The molecule has 29 heavy (non-hydrogen) atoms. The maximum Gasteiger partial charge on any atom is 0.225 e. The Morgan fingerprint density at radius 1 is 1.31 bits per heavy atom. The monoisotopic (exact) mass is 392 g/mol. The van der Waals surface area contributed by atoms with E-state index in [1.54, 1.807) is 0 Å². The van der Waals surface area contributed by atoms with Crippen LogP contribution in [0.3, 0.4) is 0 Å². The topological polar surface area (TPSA) is 78.8 Å². The maximum absolute atomic E-state index is 12.5. The fourth-order valence-corrected chi connectivity index (χ4v) is 4.55. The molecule has 1 saturated carbocycles. The normalized spacial score (nSPS) is 23.5. The summed E-state index contributed by atoms with van der Waals surface area (Å²) in [6, 6.07) is 6.49. The van der Waals surface area contributed by atoms with E-state index < -0.39 is 0 Å². The number of hydrogen-bond donors (Lipinski definition) is 2. The van der Waals surface area contributed by atoms with Crippen LogP contribution in [-0.2, 0) is 18.4 Å². The molecule has 2 aromatic heterocycles. The van der Waals surface area contributed by atoms with Crippen molar-refractivity contribution in [1.29, 1.82) is 0 Å². The summed E-state index contributed by atoms with van der Waals surface area (Å²) in [6.45, 7) is 5.62. The van der Waals surface area contributed by atoms with Gasteiger partial charge in [-0.3, -0.25) is 14.8 Å². The van der Waals surface area contributed by atoms with E-state index in [1.165, 1.54) is 11.3 Å². The van der Waals surface area contributed by atoms with Crippen molar-refractivity contribution in [1.82, 2.24) is 30.0 Å². The lowest BCUT2D eigenvalue weighted by molar-refractivity contribution is -0.125. The van der Waals surface area contributed by atoms with Gasteiger partial charge in [0, 0.05) is 61.8 Å². The third-order valence-electron chi connectivity index (χ3n) is 6.74. The molecule has 7 heteroatoms. The van der Waals surface area contributed by atoms with Crippen LogP contribution in [0.4, 0.5) is 0 Å². The van der Waals surface area contributed by atoms with Crippen molar-refractivity contribution >= 4 is 16.8 Å². The van der Waals surface area contributed by atoms with E-state index in [-0.39, 0.29) is 11.3 Å². The summed E-state index contributed by atoms with van der Waals surface area (Å²) in [7, 11) is 2.05. The number of carbonyl (C=O) groups excluding carboxylic acids is 1. The Morgan fingerprint density at radius 2 is 2.17 bits per heavy atom. The quantitative estimate of drug-likeness (QED) is 0.675. The highest BCUT2D eigenvalue weighted by Crippen LogP contribution is 2.45. The Balaban J connectivity index is 1.31. The first kappa shape index (κ1) is 18.4. The van der Waals surface area contributed by atoms with Crippen LogP contribution in [-0.4, -0.2) is 50.2 Å². The van der Waals surface area contributed by atoms with Crippen molar-refractivity contribution < 1.29 is 4.79 Å². The molecule has 0 unspecified atom stereocenters. The first-order valence-electron chi connectivity index (χ1n) is 10.4. The summed E-state index contributed by atoms with van der Waals surface area (Å²) >= 11 is 0. The number of aryl methyl sites for hydroxylation is 1. The van der Waals surface area contributed by atoms with Crippen LogP contribution in [0.1, 0.15) is 36.9 Å². The van der Waals surface area contributed by atoms with Gasteiger partial charge in [0.05, 0.1) is 18.0 Å². The molecule has 5 rings (SSSR count). The highest BCUT2D eigenvalue weighted by Gasteiger charge is 2.45. The molecule has 1 aliphatic carbocycles. The van der Waals surface area contributed by atoms with Gasteiger partial charge in [-0.25, -0.2) is 4.98 Å². The van der Waals surface area contributed by atoms with E-state index in [9.17, 15) is 4.79 Å². The van der Waals surface area contributed by atoms with Crippen LogP contribution in [0.5, 0.6) is 0 Å². The second-order valence-electron chi connectivity index (χ2n) is 9.05. The van der Waals surface area contributed by atoms with Crippen LogP contribution >= 0.6 is 0 Å². The number of likely N-dealkylation sites (tertiary alicyclic amines) is 1. The van der Waals surface area contributed by atoms with Crippen molar-refractivity contribution in [3.8, 4) is 0 Å². The summed E-state index contributed by atoms with van der Waals surface area (Å²) in [6.07, 6.45) is 7.72. The molecule has 1 aliphatic heterocycles. The van der Waals surface area contributed by atoms with Gasteiger partial charge in [-0.1, -0.05) is 19.1 Å². The molecule has 3 aromatic rings. The average molecular weight is 393 g/mol. The molecule has 2 aliphatic rings. The van der Waals surface area contributed by atoms with Crippen molar-refractivity contribution in [3.05, 3.63) is 48.2 Å². The Kier molecular flexibility index (Phi) is 4.42. The Morgan fingerprint density at radius 3 is 2.93 bits per heavy atom. The van der Waals surface area contributed by atoms with E-state index in [0.29, 0.717) is 11.8 Å². The molecular formula is C22H28N6O. The number of imidazole rings is 1. The number of nitrogens with zero attached hydrogens (tertiary/aromatic N) is 4. The predicted molar refractivity (Wildman–Crippen MR) is 111 cm³/mol. The van der Waals surface area contributed by atoms with Gasteiger partial charge in [0.2, 0.25) is 5.91 Å². The Bertz CT molecular complexity index is 1030. The van der Waals surface area contributed by atoms with Crippen molar-refractivity contribution in [2.45, 2.75) is 32.2 Å². The third kappa shape index (κ3) is 3.55. The highest BCUT2D eigenvalue weighted by molar-refractivity contribution is 5.84. The number of nitrogens with one attached hydrogen (secondary N) is 2. The van der Waals surface area contributed by atoms with Gasteiger partial charge in [-0.05, 0) is 30.4 Å². The minimum atomic E-state index is -0.125. The van der Waals surface area contributed by atoms with Gasteiger partial charge in [-0.2, -0.15) is 5.10 Å². The number of H-pyrrole nitrogens is 1. The number of rotatable bonds is 6. The van der Waals surface area contributed by atoms with Crippen LogP contribution in [0.25, 0.3) is 10.9 Å². The van der Waals surface area contributed by atoms with Gasteiger partial charge in [0.15, 0.2) is 0 Å². The predicted octanol–water partition coefficient (Wildman–Crippen LogP) is 2.43. The second-order valence-corrected chi connectivity index (χ2v) is 9.05. The standard InChI is InChI=1S/C22H28N6O/c1-22(5-6-22)21(29)24-8-17-12-28(13-18(17)20-10-23-14-27(20)2)11-15-3-4-16-9-25-26-19(16)7-15/h3-4,7,9-10,14,17-18H,5-6,8,11-13H2,1-2H3,(H,24,29)(H,25,26)/t17-,18-/m1/s1. The summed E-state index contributed by atoms with van der Waals surface area (Å²) in [5.41, 5.74) is 3.47. The average Bonchev–Trinajstić information content (AvgIpc) is 3.07. The fourth-order valence-electron chi connectivity index (χ4n) is 4.55. The SMILES string of the molecule is Cn1cncc1[C@@H]1CN(Cc2ccc3cn[nH]c3c2)C[C@H]1CNC(=O)C1(C)CC1. The zero-order chi connectivity index (χ0) is 20.0. The van der Waals surface area contributed by atoms with Crippen LogP contribution in [0.2, 0.25) is 0 Å². The van der Waals surface area contributed by atoms with E-state index in [4.69, 9.17) is 0 Å². The lowest BCUT2D eigenvalue weighted by atomic mass is 9.92. The minimum absolute atomic E-state index is 0.125. The van der Waals surface area contributed by atoms with E-state index >= 15 is 0 Å². The molecular weight excluding hydrogens is 364 g/mol. The smallest absolute Gasteiger partial charge is 0.225 e. The van der Waals surface area contributed by atoms with Gasteiger partial charge >= 0.3 is 0 Å². The van der Waals surface area contributed by atoms with Gasteiger partial charge in [0.25, 0.3) is 0 Å². The molecule has 0 spiro atoms. The third-order valence-corrected chi connectivity index (χ3v) is 6.74. The largest absolute Gasteiger partial charge is 0.355 e. The summed E-state index contributed by atoms with van der Waals surface area (Å²) < 4.78 is 2.11. The highest BCUT2D eigenvalue weighted by atomic mass is 16.2. The lowest BCUT2D eigenvalue weighted by Gasteiger charge is -2.20. The second kappa shape index (κ2) is 6.99. The lowest BCUT2D eigenvalue weighted by Crippen LogP contribution is -2.36. The number of amides is 1.